The average molecular weight is 287 g/mol. The molecule has 20 heavy (non-hydrogen) atoms. The molecule has 0 fully saturated rings. The Morgan fingerprint density at radius 3 is 2.40 bits per heavy atom. The lowest BCUT2D eigenvalue weighted by Crippen LogP contribution is -1.93. The van der Waals surface area contributed by atoms with Gasteiger partial charge < -0.3 is 5.11 Å². The summed E-state index contributed by atoms with van der Waals surface area (Å²) in [6.07, 6.45) is 3.25. The lowest BCUT2D eigenvalue weighted by molar-refractivity contribution is 0.104. The van der Waals surface area contributed by atoms with E-state index in [-0.39, 0.29) is 5.78 Å². The molecule has 0 saturated heterocycles. The molecule has 0 heterocycles. The van der Waals surface area contributed by atoms with Gasteiger partial charge in [-0.15, -0.1) is 0 Å². The van der Waals surface area contributed by atoms with Crippen molar-refractivity contribution in [2.75, 3.05) is 0 Å². The maximum Gasteiger partial charge on any atom is 0.185 e. The molecule has 2 rings (SSSR count). The van der Waals surface area contributed by atoms with Crippen LogP contribution in [0, 0.1) is 13.8 Å². The van der Waals surface area contributed by atoms with Crippen molar-refractivity contribution in [3.05, 3.63) is 69.8 Å². The van der Waals surface area contributed by atoms with Crippen molar-refractivity contribution < 1.29 is 9.90 Å². The van der Waals surface area contributed by atoms with Crippen molar-refractivity contribution in [2.45, 2.75) is 13.8 Å². The van der Waals surface area contributed by atoms with Gasteiger partial charge in [0.25, 0.3) is 0 Å². The fraction of sp³-hybridized carbons (Fsp3) is 0.118. The molecule has 0 saturated carbocycles. The second-order valence-electron chi connectivity index (χ2n) is 4.71. The number of halogens is 1. The first-order valence-corrected chi connectivity index (χ1v) is 6.63. The Morgan fingerprint density at radius 1 is 1.15 bits per heavy atom. The highest BCUT2D eigenvalue weighted by atomic mass is 35.5. The van der Waals surface area contributed by atoms with E-state index in [2.05, 4.69) is 0 Å². The predicted octanol–water partition coefficient (Wildman–Crippen LogP) is 4.56. The van der Waals surface area contributed by atoms with E-state index in [1.54, 1.807) is 30.3 Å². The first-order chi connectivity index (χ1) is 9.47. The zero-order valence-electron chi connectivity index (χ0n) is 11.4. The van der Waals surface area contributed by atoms with Gasteiger partial charge in [0.15, 0.2) is 5.78 Å². The molecule has 0 aliphatic carbocycles. The monoisotopic (exact) mass is 286 g/mol. The number of aromatic hydroxyl groups is 1. The zero-order valence-corrected chi connectivity index (χ0v) is 12.1. The summed E-state index contributed by atoms with van der Waals surface area (Å²) in [7, 11) is 0. The van der Waals surface area contributed by atoms with Gasteiger partial charge in [-0.25, -0.2) is 0 Å². The number of allylic oxidation sites excluding steroid dienone is 1. The summed E-state index contributed by atoms with van der Waals surface area (Å²) in [5.74, 6) is 0.194. The van der Waals surface area contributed by atoms with Crippen LogP contribution >= 0.6 is 11.6 Å². The number of phenolic OH excluding ortho intramolecular Hbond substituents is 1. The van der Waals surface area contributed by atoms with Crippen LogP contribution in [0.2, 0.25) is 5.02 Å². The van der Waals surface area contributed by atoms with Crippen molar-refractivity contribution in [2.24, 2.45) is 0 Å². The standard InChI is InChI=1S/C17H15ClO2/c1-11-8-13(9-12(2)17(11)20)6-7-16(19)14-4-3-5-15(18)10-14/h3-10,20H,1-2H3. The van der Waals surface area contributed by atoms with Gasteiger partial charge in [0, 0.05) is 10.6 Å². The Hall–Kier alpha value is -2.06. The molecule has 2 aromatic rings. The number of benzene rings is 2. The number of ketones is 1. The molecule has 1 N–H and O–H groups in total. The Bertz CT molecular complexity index is 664. The molecule has 0 aliphatic rings. The van der Waals surface area contributed by atoms with Gasteiger partial charge in [-0.05, 0) is 60.9 Å². The minimum Gasteiger partial charge on any atom is -0.507 e. The van der Waals surface area contributed by atoms with Gasteiger partial charge in [0.05, 0.1) is 0 Å². The zero-order chi connectivity index (χ0) is 14.7. The molecule has 0 bridgehead atoms. The fourth-order valence-electron chi connectivity index (χ4n) is 2.00. The number of aryl methyl sites for hydroxylation is 2. The lowest BCUT2D eigenvalue weighted by Gasteiger charge is -2.04. The van der Waals surface area contributed by atoms with Gasteiger partial charge in [0.1, 0.15) is 5.75 Å². The summed E-state index contributed by atoms with van der Waals surface area (Å²) in [4.78, 5) is 12.0. The van der Waals surface area contributed by atoms with E-state index >= 15 is 0 Å². The Balaban J connectivity index is 2.23. The number of hydrogen-bond donors (Lipinski definition) is 1. The quantitative estimate of drug-likeness (QED) is 0.663. The number of rotatable bonds is 3. The minimum absolute atomic E-state index is 0.101. The summed E-state index contributed by atoms with van der Waals surface area (Å²) in [5.41, 5.74) is 3.02. The number of phenols is 1. The summed E-state index contributed by atoms with van der Waals surface area (Å²) in [5, 5.41) is 10.3. The molecule has 0 atom stereocenters. The molecule has 0 unspecified atom stereocenters. The molecule has 2 aromatic carbocycles. The van der Waals surface area contributed by atoms with Crippen LogP contribution in [0.5, 0.6) is 5.75 Å². The van der Waals surface area contributed by atoms with Crippen LogP contribution in [-0.2, 0) is 0 Å². The molecule has 0 spiro atoms. The third-order valence-corrected chi connectivity index (χ3v) is 3.28. The molecular formula is C17H15ClO2. The topological polar surface area (TPSA) is 37.3 Å². The van der Waals surface area contributed by atoms with E-state index in [4.69, 9.17) is 11.6 Å². The first kappa shape index (κ1) is 14.4. The van der Waals surface area contributed by atoms with Crippen LogP contribution in [0.1, 0.15) is 27.0 Å². The van der Waals surface area contributed by atoms with E-state index in [0.29, 0.717) is 16.3 Å². The van der Waals surface area contributed by atoms with Crippen LogP contribution in [0.3, 0.4) is 0 Å². The number of carbonyl (C=O) groups excluding carboxylic acids is 1. The Kier molecular flexibility index (Phi) is 4.26. The first-order valence-electron chi connectivity index (χ1n) is 6.25. The van der Waals surface area contributed by atoms with Crippen LogP contribution in [0.15, 0.2) is 42.5 Å². The van der Waals surface area contributed by atoms with E-state index in [9.17, 15) is 9.90 Å². The molecule has 0 radical (unpaired) electrons. The number of hydrogen-bond acceptors (Lipinski definition) is 2. The summed E-state index contributed by atoms with van der Waals surface area (Å²) in [6, 6.07) is 10.5. The third-order valence-electron chi connectivity index (χ3n) is 3.05. The summed E-state index contributed by atoms with van der Waals surface area (Å²) >= 11 is 5.86. The van der Waals surface area contributed by atoms with Gasteiger partial charge in [-0.2, -0.15) is 0 Å². The van der Waals surface area contributed by atoms with Crippen molar-refractivity contribution in [1.82, 2.24) is 0 Å². The van der Waals surface area contributed by atoms with Gasteiger partial charge >= 0.3 is 0 Å². The van der Waals surface area contributed by atoms with Gasteiger partial charge in [0.2, 0.25) is 0 Å². The van der Waals surface area contributed by atoms with Crippen LogP contribution < -0.4 is 0 Å². The largest absolute Gasteiger partial charge is 0.507 e. The molecule has 0 aliphatic heterocycles. The van der Waals surface area contributed by atoms with Crippen molar-refractivity contribution in [1.29, 1.82) is 0 Å². The summed E-state index contributed by atoms with van der Waals surface area (Å²) in [6.45, 7) is 3.66. The Labute approximate surface area is 123 Å². The van der Waals surface area contributed by atoms with Crippen LogP contribution in [0.25, 0.3) is 6.08 Å². The maximum absolute atomic E-state index is 12.0. The highest BCUT2D eigenvalue weighted by Gasteiger charge is 2.04. The smallest absolute Gasteiger partial charge is 0.185 e. The predicted molar refractivity (Wildman–Crippen MR) is 82.4 cm³/mol. The van der Waals surface area contributed by atoms with E-state index in [1.807, 2.05) is 26.0 Å². The van der Waals surface area contributed by atoms with Crippen molar-refractivity contribution in [3.8, 4) is 5.75 Å². The fourth-order valence-corrected chi connectivity index (χ4v) is 2.19. The normalized spacial score (nSPS) is 10.9. The second-order valence-corrected chi connectivity index (χ2v) is 5.15. The molecule has 2 nitrogen and oxygen atoms in total. The van der Waals surface area contributed by atoms with Crippen molar-refractivity contribution >= 4 is 23.5 Å². The molecule has 3 heteroatoms. The van der Waals surface area contributed by atoms with Gasteiger partial charge in [-0.3, -0.25) is 4.79 Å². The lowest BCUT2D eigenvalue weighted by atomic mass is 10.0. The molecule has 102 valence electrons. The number of carbonyl (C=O) groups is 1. The molecule has 0 aromatic heterocycles. The Morgan fingerprint density at radius 2 is 1.80 bits per heavy atom. The third kappa shape index (κ3) is 3.28. The van der Waals surface area contributed by atoms with E-state index in [0.717, 1.165) is 16.7 Å². The second kappa shape index (κ2) is 5.93. The highest BCUT2D eigenvalue weighted by Crippen LogP contribution is 2.23. The van der Waals surface area contributed by atoms with Crippen LogP contribution in [0.4, 0.5) is 0 Å². The molecular weight excluding hydrogens is 272 g/mol. The maximum atomic E-state index is 12.0. The van der Waals surface area contributed by atoms with E-state index < -0.39 is 0 Å². The molecule has 0 amide bonds. The van der Waals surface area contributed by atoms with Crippen molar-refractivity contribution in [3.63, 3.8) is 0 Å². The average Bonchev–Trinajstić information content (AvgIpc) is 2.42. The van der Waals surface area contributed by atoms with Crippen LogP contribution in [-0.4, -0.2) is 10.9 Å². The van der Waals surface area contributed by atoms with E-state index in [1.165, 1.54) is 6.08 Å². The highest BCUT2D eigenvalue weighted by molar-refractivity contribution is 6.31. The van der Waals surface area contributed by atoms with Gasteiger partial charge in [-0.1, -0.05) is 29.8 Å². The summed E-state index contributed by atoms with van der Waals surface area (Å²) < 4.78 is 0. The minimum atomic E-state index is -0.101. The SMILES string of the molecule is Cc1cc(C=CC(=O)c2cccc(Cl)c2)cc(C)c1O.